The maximum Gasteiger partial charge on any atom is 0.279 e. The van der Waals surface area contributed by atoms with Crippen LogP contribution in [-0.4, -0.2) is 29.2 Å². The van der Waals surface area contributed by atoms with Gasteiger partial charge >= 0.3 is 0 Å². The van der Waals surface area contributed by atoms with Gasteiger partial charge in [0.15, 0.2) is 16.7 Å². The smallest absolute Gasteiger partial charge is 0.279 e. The number of thioether (sulfide) groups is 1. The number of fused-ring (bicyclic) bond motifs is 1. The summed E-state index contributed by atoms with van der Waals surface area (Å²) in [5.74, 6) is 1.21. The number of carbonyl (C=O) groups is 1. The molecule has 9 heteroatoms. The fraction of sp³-hybridized carbons (Fsp3) is 0.346. The van der Waals surface area contributed by atoms with E-state index >= 15 is 0 Å². The lowest BCUT2D eigenvalue weighted by Gasteiger charge is -2.28. The number of methoxy groups -OCH3 is 1. The van der Waals surface area contributed by atoms with E-state index in [1.807, 2.05) is 12.1 Å². The van der Waals surface area contributed by atoms with Gasteiger partial charge in [0, 0.05) is 25.1 Å². The van der Waals surface area contributed by atoms with Crippen LogP contribution in [0.4, 0.5) is 10.2 Å². The standard InChI is InChI=1S/C26H28FN3O4S/c1-15(2)13-34-20-10-9-16(11-21(20)33-4)18-12-22(31)28-24-23(18)25(32)29-26(30(24)3)35-14-17-7-5-6-8-19(17)27/h5-11,15,18H,12-14H2,1-4H3,(H,28,31)/t18-/m1/s1. The van der Waals surface area contributed by atoms with Gasteiger partial charge in [-0.15, -0.1) is 0 Å². The zero-order valence-corrected chi connectivity index (χ0v) is 20.9. The highest BCUT2D eigenvalue weighted by atomic mass is 32.2. The van der Waals surface area contributed by atoms with Crippen molar-refractivity contribution < 1.29 is 18.7 Å². The molecule has 3 aromatic rings. The fourth-order valence-corrected chi connectivity index (χ4v) is 4.93. The maximum absolute atomic E-state index is 14.0. The molecule has 2 heterocycles. The average Bonchev–Trinajstić information content (AvgIpc) is 2.84. The van der Waals surface area contributed by atoms with Gasteiger partial charge in [-0.2, -0.15) is 4.98 Å². The number of aromatic nitrogens is 2. The summed E-state index contributed by atoms with van der Waals surface area (Å²) >= 11 is 1.24. The molecule has 1 atom stereocenters. The Kier molecular flexibility index (Phi) is 7.45. The van der Waals surface area contributed by atoms with Crippen LogP contribution >= 0.6 is 11.8 Å². The number of ether oxygens (including phenoxy) is 2. The minimum atomic E-state index is -0.483. The lowest BCUT2D eigenvalue weighted by atomic mass is 9.86. The van der Waals surface area contributed by atoms with Gasteiger partial charge in [0.05, 0.1) is 19.3 Å². The number of amides is 1. The highest BCUT2D eigenvalue weighted by Gasteiger charge is 2.32. The Balaban J connectivity index is 1.68. The molecule has 35 heavy (non-hydrogen) atoms. The van der Waals surface area contributed by atoms with Crippen LogP contribution in [0.1, 0.15) is 42.9 Å². The quantitative estimate of drug-likeness (QED) is 0.358. The van der Waals surface area contributed by atoms with Crippen LogP contribution in [0.2, 0.25) is 0 Å². The second-order valence-electron chi connectivity index (χ2n) is 8.82. The summed E-state index contributed by atoms with van der Waals surface area (Å²) in [6.45, 7) is 4.66. The molecule has 1 amide bonds. The molecule has 0 bridgehead atoms. The summed E-state index contributed by atoms with van der Waals surface area (Å²) < 4.78 is 27.1. The van der Waals surface area contributed by atoms with Gasteiger partial charge in [-0.1, -0.05) is 49.9 Å². The van der Waals surface area contributed by atoms with Crippen molar-refractivity contribution >= 4 is 23.5 Å². The number of benzene rings is 2. The molecule has 0 spiro atoms. The Hall–Kier alpha value is -3.33. The minimum Gasteiger partial charge on any atom is -0.493 e. The fourth-order valence-electron chi connectivity index (χ4n) is 3.98. The number of hydrogen-bond acceptors (Lipinski definition) is 6. The summed E-state index contributed by atoms with van der Waals surface area (Å²) in [6, 6.07) is 11.9. The van der Waals surface area contributed by atoms with E-state index in [-0.39, 0.29) is 18.1 Å². The lowest BCUT2D eigenvalue weighted by molar-refractivity contribution is -0.116. The number of carbonyl (C=O) groups excluding carboxylic acids is 1. The van der Waals surface area contributed by atoms with Crippen molar-refractivity contribution in [3.8, 4) is 11.5 Å². The van der Waals surface area contributed by atoms with Gasteiger partial charge in [0.1, 0.15) is 11.6 Å². The van der Waals surface area contributed by atoms with E-state index in [0.717, 1.165) is 5.56 Å². The molecule has 0 radical (unpaired) electrons. The molecule has 0 fully saturated rings. The highest BCUT2D eigenvalue weighted by Crippen LogP contribution is 2.39. The van der Waals surface area contributed by atoms with Gasteiger partial charge < -0.3 is 19.4 Å². The van der Waals surface area contributed by atoms with Crippen molar-refractivity contribution in [3.05, 3.63) is 75.3 Å². The van der Waals surface area contributed by atoms with E-state index in [0.29, 0.717) is 51.9 Å². The number of rotatable bonds is 8. The molecule has 0 saturated heterocycles. The van der Waals surface area contributed by atoms with Crippen molar-refractivity contribution in [2.75, 3.05) is 19.0 Å². The zero-order chi connectivity index (χ0) is 25.1. The molecule has 1 N–H and O–H groups in total. The van der Waals surface area contributed by atoms with Gasteiger partial charge in [-0.05, 0) is 35.2 Å². The van der Waals surface area contributed by atoms with Crippen LogP contribution in [0.25, 0.3) is 0 Å². The van der Waals surface area contributed by atoms with Crippen LogP contribution in [0, 0.1) is 11.7 Å². The van der Waals surface area contributed by atoms with Crippen LogP contribution in [0.5, 0.6) is 11.5 Å². The first-order valence-electron chi connectivity index (χ1n) is 11.4. The Morgan fingerprint density at radius 2 is 1.97 bits per heavy atom. The Morgan fingerprint density at radius 3 is 2.69 bits per heavy atom. The first-order chi connectivity index (χ1) is 16.8. The zero-order valence-electron chi connectivity index (χ0n) is 20.1. The summed E-state index contributed by atoms with van der Waals surface area (Å²) in [4.78, 5) is 30.1. The summed E-state index contributed by atoms with van der Waals surface area (Å²) in [5, 5.41) is 3.23. The molecular formula is C26H28FN3O4S. The lowest BCUT2D eigenvalue weighted by Crippen LogP contribution is -2.33. The van der Waals surface area contributed by atoms with E-state index in [1.54, 1.807) is 43.0 Å². The first kappa shape index (κ1) is 24.8. The molecule has 0 saturated carbocycles. The van der Waals surface area contributed by atoms with E-state index in [4.69, 9.17) is 9.47 Å². The monoisotopic (exact) mass is 497 g/mol. The van der Waals surface area contributed by atoms with Crippen molar-refractivity contribution in [1.82, 2.24) is 9.55 Å². The third kappa shape index (κ3) is 5.35. The summed E-state index contributed by atoms with van der Waals surface area (Å²) in [5.41, 5.74) is 1.28. The number of nitrogens with zero attached hydrogens (tertiary/aromatic N) is 2. The average molecular weight is 498 g/mol. The molecule has 0 unspecified atom stereocenters. The van der Waals surface area contributed by atoms with Crippen molar-refractivity contribution in [3.63, 3.8) is 0 Å². The second kappa shape index (κ2) is 10.5. The number of halogens is 1. The van der Waals surface area contributed by atoms with Crippen LogP contribution in [0.3, 0.4) is 0 Å². The second-order valence-corrected chi connectivity index (χ2v) is 9.76. The third-order valence-corrected chi connectivity index (χ3v) is 6.86. The molecule has 0 aliphatic carbocycles. The minimum absolute atomic E-state index is 0.112. The van der Waals surface area contributed by atoms with Crippen LogP contribution in [0.15, 0.2) is 52.4 Å². The van der Waals surface area contributed by atoms with Gasteiger partial charge in [-0.3, -0.25) is 9.59 Å². The number of hydrogen-bond donors (Lipinski definition) is 1. The molecule has 4 rings (SSSR count). The molecule has 1 aliphatic rings. The molecular weight excluding hydrogens is 469 g/mol. The Labute approximate surface area is 207 Å². The molecule has 184 valence electrons. The van der Waals surface area contributed by atoms with E-state index in [1.165, 1.54) is 17.8 Å². The third-order valence-electron chi connectivity index (χ3n) is 5.78. The van der Waals surface area contributed by atoms with Crippen molar-refractivity contribution in [2.24, 2.45) is 13.0 Å². The predicted octanol–water partition coefficient (Wildman–Crippen LogP) is 4.73. The summed E-state index contributed by atoms with van der Waals surface area (Å²) in [6.07, 6.45) is 0.112. The number of nitrogens with one attached hydrogen (secondary N) is 1. The van der Waals surface area contributed by atoms with Gasteiger partial charge in [0.2, 0.25) is 5.91 Å². The molecule has 1 aliphatic heterocycles. The Morgan fingerprint density at radius 1 is 1.20 bits per heavy atom. The largest absolute Gasteiger partial charge is 0.493 e. The first-order valence-corrected chi connectivity index (χ1v) is 12.3. The summed E-state index contributed by atoms with van der Waals surface area (Å²) in [7, 11) is 3.30. The number of anilines is 1. The van der Waals surface area contributed by atoms with Crippen molar-refractivity contribution in [1.29, 1.82) is 0 Å². The predicted molar refractivity (Wildman–Crippen MR) is 134 cm³/mol. The molecule has 7 nitrogen and oxygen atoms in total. The van der Waals surface area contributed by atoms with Crippen LogP contribution < -0.4 is 20.3 Å². The highest BCUT2D eigenvalue weighted by molar-refractivity contribution is 7.98. The van der Waals surface area contributed by atoms with Gasteiger partial charge in [0.25, 0.3) is 5.56 Å². The normalized spacial score (nSPS) is 15.0. The van der Waals surface area contributed by atoms with Gasteiger partial charge in [-0.25, -0.2) is 4.39 Å². The van der Waals surface area contributed by atoms with Crippen molar-refractivity contribution in [2.45, 2.75) is 37.1 Å². The molecule has 2 aromatic carbocycles. The SMILES string of the molecule is COc1cc([C@H]2CC(=O)Nc3c2c(=O)nc(SCc2ccccc2F)n3C)ccc1OCC(C)C. The maximum atomic E-state index is 14.0. The molecule has 1 aromatic heterocycles. The van der Waals surface area contributed by atoms with E-state index < -0.39 is 11.5 Å². The van der Waals surface area contributed by atoms with E-state index in [9.17, 15) is 14.0 Å². The topological polar surface area (TPSA) is 82.5 Å². The Bertz CT molecular complexity index is 1310. The van der Waals surface area contributed by atoms with Crippen LogP contribution in [-0.2, 0) is 17.6 Å². The van der Waals surface area contributed by atoms with E-state index in [2.05, 4.69) is 24.1 Å².